The highest BCUT2D eigenvalue weighted by Crippen LogP contribution is 2.16. The van der Waals surface area contributed by atoms with Gasteiger partial charge in [0.1, 0.15) is 11.2 Å². The van der Waals surface area contributed by atoms with Gasteiger partial charge in [0.15, 0.2) is 0 Å². The van der Waals surface area contributed by atoms with Crippen LogP contribution in [-0.4, -0.2) is 97.3 Å². The molecule has 12 heteroatoms. The number of hydrogen-bond donors (Lipinski definition) is 2. The molecule has 0 aromatic rings. The third kappa shape index (κ3) is 10.3. The minimum absolute atomic E-state index is 0.194. The summed E-state index contributed by atoms with van der Waals surface area (Å²) in [6, 6.07) is 0.0116. The molecule has 0 unspecified atom stereocenters. The average Bonchev–Trinajstić information content (AvgIpc) is 2.58. The summed E-state index contributed by atoms with van der Waals surface area (Å²) in [5.41, 5.74) is -0.956. The van der Waals surface area contributed by atoms with E-state index in [1.807, 2.05) is 20.8 Å². The van der Waals surface area contributed by atoms with Crippen LogP contribution in [0.2, 0.25) is 0 Å². The fourth-order valence-electron chi connectivity index (χ4n) is 3.24. The first-order valence-corrected chi connectivity index (χ1v) is 12.4. The predicted octanol–water partition coefficient (Wildman–Crippen LogP) is 1.35. The number of nitrogens with one attached hydrogen (secondary N) is 1. The number of carbonyl (C=O) groups is 2. The van der Waals surface area contributed by atoms with Gasteiger partial charge in [0.2, 0.25) is 0 Å². The summed E-state index contributed by atoms with van der Waals surface area (Å²) in [5, 5.41) is 8.37. The average molecular weight is 480 g/mol. The molecule has 2 aliphatic rings. The first kappa shape index (κ1) is 28.4. The summed E-state index contributed by atoms with van der Waals surface area (Å²) in [7, 11) is -3.70. The van der Waals surface area contributed by atoms with E-state index in [0.29, 0.717) is 6.04 Å². The van der Waals surface area contributed by atoms with Crippen molar-refractivity contribution >= 4 is 22.4 Å². The SMILES string of the molecule is C[C@H]1CN(C(=O)OC(C)(C)C)CCN1.C[C@H]1CN(C(=O)OC(C)(C)C)CCN1S(N)(=O)=O. The summed E-state index contributed by atoms with van der Waals surface area (Å²) in [5.74, 6) is 0. The lowest BCUT2D eigenvalue weighted by atomic mass is 10.2. The van der Waals surface area contributed by atoms with E-state index in [4.69, 9.17) is 14.6 Å². The molecule has 2 saturated heterocycles. The molecule has 11 nitrogen and oxygen atoms in total. The zero-order valence-electron chi connectivity index (χ0n) is 20.7. The van der Waals surface area contributed by atoms with Gasteiger partial charge < -0.3 is 24.6 Å². The standard InChI is InChI=1S/C10H21N3O4S.C10H20N2O2/c1-8-7-12(9(14)17-10(2,3)4)5-6-13(8)18(11,15)16;1-8-7-12(6-5-11-8)9(13)14-10(2,3)4/h8H,5-7H2,1-4H3,(H2,11,15,16);8,11H,5-7H2,1-4H3/t2*8-/m00/s1. The maximum atomic E-state index is 11.8. The third-order valence-electron chi connectivity index (χ3n) is 4.57. The van der Waals surface area contributed by atoms with E-state index in [0.717, 1.165) is 19.6 Å². The minimum Gasteiger partial charge on any atom is -0.444 e. The Morgan fingerprint density at radius 1 is 0.875 bits per heavy atom. The molecule has 188 valence electrons. The first-order chi connectivity index (χ1) is 14.4. The van der Waals surface area contributed by atoms with Gasteiger partial charge in [-0.25, -0.2) is 14.7 Å². The van der Waals surface area contributed by atoms with E-state index in [-0.39, 0.29) is 31.8 Å². The van der Waals surface area contributed by atoms with Crippen molar-refractivity contribution in [2.75, 3.05) is 39.3 Å². The highest BCUT2D eigenvalue weighted by atomic mass is 32.2. The molecular formula is C20H41N5O6S. The van der Waals surface area contributed by atoms with Gasteiger partial charge >= 0.3 is 12.2 Å². The van der Waals surface area contributed by atoms with Crippen molar-refractivity contribution < 1.29 is 27.5 Å². The summed E-state index contributed by atoms with van der Waals surface area (Å²) >= 11 is 0. The number of rotatable bonds is 1. The van der Waals surface area contributed by atoms with Crippen molar-refractivity contribution in [3.8, 4) is 0 Å². The Labute approximate surface area is 192 Å². The molecule has 0 radical (unpaired) electrons. The predicted molar refractivity (Wildman–Crippen MR) is 122 cm³/mol. The molecule has 2 atom stereocenters. The van der Waals surface area contributed by atoms with Crippen LogP contribution >= 0.6 is 0 Å². The van der Waals surface area contributed by atoms with Gasteiger partial charge in [-0.3, -0.25) is 0 Å². The minimum atomic E-state index is -3.70. The molecule has 2 fully saturated rings. The van der Waals surface area contributed by atoms with Gasteiger partial charge in [-0.1, -0.05) is 0 Å². The van der Waals surface area contributed by atoms with E-state index in [2.05, 4.69) is 12.2 Å². The summed E-state index contributed by atoms with van der Waals surface area (Å²) in [4.78, 5) is 26.7. The normalized spacial score (nSPS) is 23.2. The Balaban J connectivity index is 0.000000330. The van der Waals surface area contributed by atoms with Crippen LogP contribution in [0.1, 0.15) is 55.4 Å². The fraction of sp³-hybridized carbons (Fsp3) is 0.900. The Kier molecular flexibility index (Phi) is 9.76. The lowest BCUT2D eigenvalue weighted by Gasteiger charge is -2.38. The van der Waals surface area contributed by atoms with Gasteiger partial charge in [-0.2, -0.15) is 12.7 Å². The van der Waals surface area contributed by atoms with Gasteiger partial charge in [0.25, 0.3) is 10.2 Å². The van der Waals surface area contributed by atoms with Crippen molar-refractivity contribution in [2.24, 2.45) is 5.14 Å². The first-order valence-electron chi connectivity index (χ1n) is 10.9. The molecule has 0 spiro atoms. The van der Waals surface area contributed by atoms with Gasteiger partial charge in [0, 0.05) is 51.4 Å². The lowest BCUT2D eigenvalue weighted by Crippen LogP contribution is -2.57. The molecule has 2 amide bonds. The van der Waals surface area contributed by atoms with Crippen molar-refractivity contribution in [3.05, 3.63) is 0 Å². The number of piperazine rings is 2. The summed E-state index contributed by atoms with van der Waals surface area (Å²) in [6.45, 7) is 17.9. The summed E-state index contributed by atoms with van der Waals surface area (Å²) < 4.78 is 34.2. The largest absolute Gasteiger partial charge is 0.444 e. The molecule has 0 aromatic carbocycles. The van der Waals surface area contributed by atoms with E-state index in [9.17, 15) is 18.0 Å². The number of nitrogens with zero attached hydrogens (tertiary/aromatic N) is 3. The molecule has 32 heavy (non-hydrogen) atoms. The Bertz CT molecular complexity index is 747. The Hall–Kier alpha value is -1.63. The zero-order chi connectivity index (χ0) is 24.9. The van der Waals surface area contributed by atoms with E-state index < -0.39 is 27.5 Å². The number of nitrogens with two attached hydrogens (primary N) is 1. The molecule has 0 aromatic heterocycles. The molecule has 0 saturated carbocycles. The summed E-state index contributed by atoms with van der Waals surface area (Å²) in [6.07, 6.45) is -0.630. The van der Waals surface area contributed by atoms with Crippen molar-refractivity contribution in [3.63, 3.8) is 0 Å². The number of ether oxygens (including phenoxy) is 2. The maximum absolute atomic E-state index is 11.8. The lowest BCUT2D eigenvalue weighted by molar-refractivity contribution is 0.0142. The highest BCUT2D eigenvalue weighted by Gasteiger charge is 2.34. The molecule has 0 aliphatic carbocycles. The van der Waals surface area contributed by atoms with Crippen LogP contribution in [0.3, 0.4) is 0 Å². The van der Waals surface area contributed by atoms with Gasteiger partial charge in [-0.15, -0.1) is 0 Å². The molecule has 2 heterocycles. The quantitative estimate of drug-likeness (QED) is 0.579. The van der Waals surface area contributed by atoms with Crippen LogP contribution < -0.4 is 10.5 Å². The molecular weight excluding hydrogens is 438 g/mol. The Morgan fingerprint density at radius 3 is 1.72 bits per heavy atom. The second-order valence-corrected chi connectivity index (χ2v) is 11.7. The van der Waals surface area contributed by atoms with Crippen LogP contribution in [-0.2, 0) is 19.7 Å². The van der Waals surface area contributed by atoms with Crippen LogP contribution in [0, 0.1) is 0 Å². The van der Waals surface area contributed by atoms with E-state index >= 15 is 0 Å². The van der Waals surface area contributed by atoms with Crippen LogP contribution in [0.5, 0.6) is 0 Å². The molecule has 2 aliphatic heterocycles. The Morgan fingerprint density at radius 2 is 1.34 bits per heavy atom. The van der Waals surface area contributed by atoms with Gasteiger partial charge in [-0.05, 0) is 55.4 Å². The number of hydrogen-bond acceptors (Lipinski definition) is 7. The van der Waals surface area contributed by atoms with Gasteiger partial charge in [0.05, 0.1) is 0 Å². The number of carbonyl (C=O) groups excluding carboxylic acids is 2. The molecule has 2 rings (SSSR count). The number of amides is 2. The highest BCUT2D eigenvalue weighted by molar-refractivity contribution is 7.86. The fourth-order valence-corrected chi connectivity index (χ4v) is 4.14. The topological polar surface area (TPSA) is 135 Å². The monoisotopic (exact) mass is 479 g/mol. The maximum Gasteiger partial charge on any atom is 0.410 e. The second-order valence-electron chi connectivity index (χ2n) is 10.2. The molecule has 3 N–H and O–H groups in total. The van der Waals surface area contributed by atoms with Crippen molar-refractivity contribution in [1.29, 1.82) is 0 Å². The zero-order valence-corrected chi connectivity index (χ0v) is 21.5. The van der Waals surface area contributed by atoms with Crippen LogP contribution in [0.4, 0.5) is 9.59 Å². The van der Waals surface area contributed by atoms with E-state index in [1.54, 1.807) is 32.6 Å². The third-order valence-corrected chi connectivity index (χ3v) is 5.76. The second kappa shape index (κ2) is 11.0. The van der Waals surface area contributed by atoms with Crippen molar-refractivity contribution in [1.82, 2.24) is 19.4 Å². The smallest absolute Gasteiger partial charge is 0.410 e. The van der Waals surface area contributed by atoms with Crippen LogP contribution in [0.15, 0.2) is 0 Å². The van der Waals surface area contributed by atoms with Crippen LogP contribution in [0.25, 0.3) is 0 Å². The van der Waals surface area contributed by atoms with Crippen molar-refractivity contribution in [2.45, 2.75) is 78.7 Å². The molecule has 0 bridgehead atoms. The van der Waals surface area contributed by atoms with E-state index in [1.165, 1.54) is 9.21 Å².